The summed E-state index contributed by atoms with van der Waals surface area (Å²) in [4.78, 5) is 12.2. The van der Waals surface area contributed by atoms with E-state index in [1.54, 1.807) is 30.3 Å². The van der Waals surface area contributed by atoms with Crippen molar-refractivity contribution in [3.8, 4) is 0 Å². The molecule has 0 aliphatic rings. The predicted molar refractivity (Wildman–Crippen MR) is 88.6 cm³/mol. The van der Waals surface area contributed by atoms with Crippen molar-refractivity contribution in [3.05, 3.63) is 60.6 Å². The molecular formula is C13H7Cl3INO. The minimum atomic E-state index is -0.326. The summed E-state index contributed by atoms with van der Waals surface area (Å²) in [7, 11) is 0. The molecule has 0 aliphatic carbocycles. The number of nitrogens with one attached hydrogen (secondary N) is 1. The van der Waals surface area contributed by atoms with Crippen molar-refractivity contribution in [2.75, 3.05) is 5.32 Å². The average Bonchev–Trinajstić information content (AvgIpc) is 2.38. The number of halogens is 4. The molecular weight excluding hydrogens is 419 g/mol. The highest BCUT2D eigenvalue weighted by Gasteiger charge is 2.13. The Morgan fingerprint density at radius 3 is 2.53 bits per heavy atom. The maximum absolute atomic E-state index is 12.2. The number of rotatable bonds is 2. The van der Waals surface area contributed by atoms with Crippen molar-refractivity contribution in [1.29, 1.82) is 0 Å². The number of carbonyl (C=O) groups is 1. The number of amides is 1. The Morgan fingerprint density at radius 1 is 1.05 bits per heavy atom. The number of hydrogen-bond acceptors (Lipinski definition) is 1. The van der Waals surface area contributed by atoms with E-state index in [1.165, 1.54) is 0 Å². The molecule has 0 radical (unpaired) electrons. The van der Waals surface area contributed by atoms with Crippen LogP contribution < -0.4 is 5.32 Å². The molecule has 0 fully saturated rings. The Hall–Kier alpha value is -0.490. The van der Waals surface area contributed by atoms with E-state index in [2.05, 4.69) is 27.9 Å². The lowest BCUT2D eigenvalue weighted by atomic mass is 10.2. The Morgan fingerprint density at radius 2 is 1.79 bits per heavy atom. The Labute approximate surface area is 139 Å². The Bertz CT molecular complexity index is 646. The van der Waals surface area contributed by atoms with Crippen molar-refractivity contribution >= 4 is 69.0 Å². The highest BCUT2D eigenvalue weighted by atomic mass is 127. The van der Waals surface area contributed by atoms with Crippen LogP contribution >= 0.6 is 57.4 Å². The monoisotopic (exact) mass is 425 g/mol. The summed E-state index contributed by atoms with van der Waals surface area (Å²) in [6.07, 6.45) is 0. The van der Waals surface area contributed by atoms with Gasteiger partial charge in [-0.25, -0.2) is 0 Å². The number of anilines is 1. The molecule has 0 saturated carbocycles. The zero-order chi connectivity index (χ0) is 14.0. The first-order valence-corrected chi connectivity index (χ1v) is 7.40. The van der Waals surface area contributed by atoms with Crippen molar-refractivity contribution in [3.63, 3.8) is 0 Å². The molecule has 0 aromatic heterocycles. The largest absolute Gasteiger partial charge is 0.321 e. The van der Waals surface area contributed by atoms with Crippen LogP contribution in [0.15, 0.2) is 36.4 Å². The van der Waals surface area contributed by atoms with Crippen LogP contribution in [-0.4, -0.2) is 5.91 Å². The lowest BCUT2D eigenvalue weighted by molar-refractivity contribution is 0.102. The summed E-state index contributed by atoms with van der Waals surface area (Å²) in [6.45, 7) is 0. The van der Waals surface area contributed by atoms with Crippen molar-refractivity contribution in [2.24, 2.45) is 0 Å². The molecule has 2 rings (SSSR count). The maximum Gasteiger partial charge on any atom is 0.257 e. The molecule has 6 heteroatoms. The van der Waals surface area contributed by atoms with E-state index in [4.69, 9.17) is 34.8 Å². The number of carbonyl (C=O) groups excluding carboxylic acids is 1. The molecule has 0 unspecified atom stereocenters. The van der Waals surface area contributed by atoms with E-state index in [0.717, 1.165) is 3.57 Å². The van der Waals surface area contributed by atoms with Crippen LogP contribution in [0.4, 0.5) is 5.69 Å². The van der Waals surface area contributed by atoms with E-state index >= 15 is 0 Å². The first-order chi connectivity index (χ1) is 8.99. The number of benzene rings is 2. The van der Waals surface area contributed by atoms with E-state index < -0.39 is 0 Å². The van der Waals surface area contributed by atoms with E-state index in [0.29, 0.717) is 26.3 Å². The Kier molecular flexibility index (Phi) is 4.95. The molecule has 0 spiro atoms. The quantitative estimate of drug-likeness (QED) is 0.631. The van der Waals surface area contributed by atoms with Gasteiger partial charge in [0.15, 0.2) is 0 Å². The third-order valence-corrected chi connectivity index (χ3v) is 4.19. The van der Waals surface area contributed by atoms with Crippen molar-refractivity contribution < 1.29 is 4.79 Å². The van der Waals surface area contributed by atoms with Gasteiger partial charge in [-0.1, -0.05) is 40.9 Å². The second kappa shape index (κ2) is 6.31. The second-order valence-electron chi connectivity index (χ2n) is 3.68. The minimum Gasteiger partial charge on any atom is -0.321 e. The summed E-state index contributed by atoms with van der Waals surface area (Å²) < 4.78 is 0.921. The molecule has 0 heterocycles. The van der Waals surface area contributed by atoms with Gasteiger partial charge >= 0.3 is 0 Å². The van der Waals surface area contributed by atoms with Crippen LogP contribution in [-0.2, 0) is 0 Å². The summed E-state index contributed by atoms with van der Waals surface area (Å²) in [6, 6.07) is 10.2. The molecule has 0 bridgehead atoms. The molecule has 0 aliphatic heterocycles. The fraction of sp³-hybridized carbons (Fsp3) is 0. The van der Waals surface area contributed by atoms with E-state index in [-0.39, 0.29) is 5.91 Å². The van der Waals surface area contributed by atoms with Crippen LogP contribution in [0.3, 0.4) is 0 Å². The summed E-state index contributed by atoms with van der Waals surface area (Å²) >= 11 is 20.0. The van der Waals surface area contributed by atoms with Crippen LogP contribution in [0.1, 0.15) is 10.4 Å². The van der Waals surface area contributed by atoms with Gasteiger partial charge in [-0.15, -0.1) is 0 Å². The molecule has 0 saturated heterocycles. The van der Waals surface area contributed by atoms with Gasteiger partial charge in [0.25, 0.3) is 5.91 Å². The zero-order valence-electron chi connectivity index (χ0n) is 9.38. The highest BCUT2D eigenvalue weighted by molar-refractivity contribution is 14.1. The average molecular weight is 426 g/mol. The first-order valence-electron chi connectivity index (χ1n) is 5.19. The van der Waals surface area contributed by atoms with Crippen LogP contribution in [0.2, 0.25) is 15.1 Å². The Balaban J connectivity index is 2.31. The molecule has 2 aromatic carbocycles. The van der Waals surface area contributed by atoms with Gasteiger partial charge in [0.05, 0.1) is 26.3 Å². The molecule has 1 amide bonds. The third-order valence-electron chi connectivity index (χ3n) is 2.37. The van der Waals surface area contributed by atoms with Crippen LogP contribution in [0.5, 0.6) is 0 Å². The van der Waals surface area contributed by atoms with Crippen molar-refractivity contribution in [1.82, 2.24) is 0 Å². The normalized spacial score (nSPS) is 10.3. The lowest BCUT2D eigenvalue weighted by Crippen LogP contribution is -2.13. The predicted octanol–water partition coefficient (Wildman–Crippen LogP) is 5.50. The molecule has 1 N–H and O–H groups in total. The topological polar surface area (TPSA) is 29.1 Å². The van der Waals surface area contributed by atoms with Gasteiger partial charge in [-0.3, -0.25) is 4.79 Å². The second-order valence-corrected chi connectivity index (χ2v) is 6.12. The molecule has 19 heavy (non-hydrogen) atoms. The molecule has 2 nitrogen and oxygen atoms in total. The third kappa shape index (κ3) is 3.54. The first kappa shape index (κ1) is 14.9. The summed E-state index contributed by atoms with van der Waals surface area (Å²) in [5.74, 6) is -0.326. The van der Waals surface area contributed by atoms with Gasteiger partial charge in [0.1, 0.15) is 0 Å². The SMILES string of the molecule is O=C(Nc1cccc(Cl)c1Cl)c1cc(I)ccc1Cl. The summed E-state index contributed by atoms with van der Waals surface area (Å²) in [5, 5.41) is 3.76. The van der Waals surface area contributed by atoms with Gasteiger partial charge in [-0.2, -0.15) is 0 Å². The highest BCUT2D eigenvalue weighted by Crippen LogP contribution is 2.30. The fourth-order valence-electron chi connectivity index (χ4n) is 1.46. The van der Waals surface area contributed by atoms with Crippen molar-refractivity contribution in [2.45, 2.75) is 0 Å². The minimum absolute atomic E-state index is 0.305. The number of hydrogen-bond donors (Lipinski definition) is 1. The molecule has 98 valence electrons. The lowest BCUT2D eigenvalue weighted by Gasteiger charge is -2.09. The van der Waals surface area contributed by atoms with Crippen LogP contribution in [0, 0.1) is 3.57 Å². The maximum atomic E-state index is 12.2. The fourth-order valence-corrected chi connectivity index (χ4v) is 2.50. The van der Waals surface area contributed by atoms with Gasteiger partial charge in [0.2, 0.25) is 0 Å². The smallest absolute Gasteiger partial charge is 0.257 e. The molecule has 2 aromatic rings. The van der Waals surface area contributed by atoms with Gasteiger partial charge < -0.3 is 5.32 Å². The molecule has 0 atom stereocenters. The van der Waals surface area contributed by atoms with Gasteiger partial charge in [-0.05, 0) is 52.9 Å². The van der Waals surface area contributed by atoms with E-state index in [1.807, 2.05) is 6.07 Å². The summed E-state index contributed by atoms with van der Waals surface area (Å²) in [5.41, 5.74) is 0.846. The van der Waals surface area contributed by atoms with Gasteiger partial charge in [0, 0.05) is 3.57 Å². The zero-order valence-corrected chi connectivity index (χ0v) is 13.8. The van der Waals surface area contributed by atoms with Crippen LogP contribution in [0.25, 0.3) is 0 Å². The standard InChI is InChI=1S/C13H7Cl3INO/c14-9-5-4-7(17)6-8(9)13(19)18-11-3-1-2-10(15)12(11)16/h1-6H,(H,18,19). The van der Waals surface area contributed by atoms with E-state index in [9.17, 15) is 4.79 Å².